The van der Waals surface area contributed by atoms with E-state index in [1.54, 1.807) is 28.0 Å². The summed E-state index contributed by atoms with van der Waals surface area (Å²) in [5, 5.41) is 9.05. The molecule has 4 rings (SSSR count). The van der Waals surface area contributed by atoms with Crippen molar-refractivity contribution in [3.8, 4) is 6.07 Å². The minimum atomic E-state index is -4.69. The Morgan fingerprint density at radius 3 is 2.46 bits per heavy atom. The van der Waals surface area contributed by atoms with Crippen LogP contribution in [0.1, 0.15) is 29.5 Å². The normalized spacial score (nSPS) is 19.6. The van der Waals surface area contributed by atoms with Crippen molar-refractivity contribution in [2.24, 2.45) is 17.1 Å². The molecule has 6 nitrogen and oxygen atoms in total. The molecular formula is C25H24F4N4O2. The summed E-state index contributed by atoms with van der Waals surface area (Å²) in [4.78, 5) is 28.4. The minimum absolute atomic E-state index is 0.0571. The van der Waals surface area contributed by atoms with Gasteiger partial charge < -0.3 is 15.5 Å². The molecule has 35 heavy (non-hydrogen) atoms. The maximum atomic E-state index is 13.5. The highest BCUT2D eigenvalue weighted by Crippen LogP contribution is 2.46. The van der Waals surface area contributed by atoms with Crippen LogP contribution in [0, 0.1) is 28.5 Å². The molecule has 0 aromatic heterocycles. The lowest BCUT2D eigenvalue weighted by atomic mass is 9.70. The summed E-state index contributed by atoms with van der Waals surface area (Å²) in [5.41, 5.74) is 4.47. The van der Waals surface area contributed by atoms with Gasteiger partial charge in [0.25, 0.3) is 0 Å². The lowest BCUT2D eigenvalue weighted by Crippen LogP contribution is -2.49. The Morgan fingerprint density at radius 2 is 1.86 bits per heavy atom. The van der Waals surface area contributed by atoms with Crippen molar-refractivity contribution in [2.45, 2.75) is 25.4 Å². The van der Waals surface area contributed by atoms with Gasteiger partial charge in [-0.05, 0) is 48.7 Å². The van der Waals surface area contributed by atoms with Crippen molar-refractivity contribution in [1.29, 1.82) is 5.26 Å². The van der Waals surface area contributed by atoms with E-state index in [9.17, 15) is 27.2 Å². The van der Waals surface area contributed by atoms with Crippen LogP contribution in [0.25, 0.3) is 0 Å². The van der Waals surface area contributed by atoms with E-state index in [-0.39, 0.29) is 24.6 Å². The molecule has 2 saturated heterocycles. The molecule has 2 aliphatic heterocycles. The Labute approximate surface area is 199 Å². The van der Waals surface area contributed by atoms with Gasteiger partial charge in [0.2, 0.25) is 11.8 Å². The Bertz CT molecular complexity index is 1180. The van der Waals surface area contributed by atoms with Crippen molar-refractivity contribution < 1.29 is 27.2 Å². The van der Waals surface area contributed by atoms with Gasteiger partial charge >= 0.3 is 6.18 Å². The summed E-state index contributed by atoms with van der Waals surface area (Å²) in [6, 6.07) is 10.9. The molecule has 2 amide bonds. The molecule has 2 heterocycles. The molecule has 0 radical (unpaired) electrons. The first kappa shape index (κ1) is 24.5. The second-order valence-electron chi connectivity index (χ2n) is 9.22. The molecular weight excluding hydrogens is 464 g/mol. The van der Waals surface area contributed by atoms with Crippen molar-refractivity contribution in [1.82, 2.24) is 4.90 Å². The number of piperidine rings is 1. The van der Waals surface area contributed by atoms with Crippen LogP contribution < -0.4 is 10.6 Å². The zero-order valence-corrected chi connectivity index (χ0v) is 18.8. The monoisotopic (exact) mass is 488 g/mol. The average Bonchev–Trinajstić information content (AvgIpc) is 3.17. The number of halogens is 4. The van der Waals surface area contributed by atoms with E-state index in [2.05, 4.69) is 0 Å². The molecule has 0 bridgehead atoms. The number of benzene rings is 2. The van der Waals surface area contributed by atoms with E-state index in [1.807, 2.05) is 0 Å². The van der Waals surface area contributed by atoms with E-state index in [0.29, 0.717) is 38.0 Å². The van der Waals surface area contributed by atoms with Gasteiger partial charge in [0.15, 0.2) is 0 Å². The maximum absolute atomic E-state index is 13.5. The largest absolute Gasteiger partial charge is 0.417 e. The summed E-state index contributed by atoms with van der Waals surface area (Å²) >= 11 is 0. The van der Waals surface area contributed by atoms with Crippen LogP contribution >= 0.6 is 0 Å². The number of anilines is 1. The molecule has 2 aromatic rings. The van der Waals surface area contributed by atoms with Crippen LogP contribution in [0.15, 0.2) is 42.5 Å². The van der Waals surface area contributed by atoms with Gasteiger partial charge in [0.1, 0.15) is 5.82 Å². The molecule has 1 unspecified atom stereocenters. The zero-order chi connectivity index (χ0) is 25.4. The minimum Gasteiger partial charge on any atom is -0.370 e. The van der Waals surface area contributed by atoms with Crippen LogP contribution in [0.2, 0.25) is 0 Å². The van der Waals surface area contributed by atoms with Gasteiger partial charge in [-0.3, -0.25) is 9.59 Å². The van der Waals surface area contributed by atoms with Crippen molar-refractivity contribution in [3.05, 3.63) is 65.0 Å². The Balaban J connectivity index is 1.50. The Hall–Kier alpha value is -3.61. The van der Waals surface area contributed by atoms with Crippen molar-refractivity contribution >= 4 is 17.5 Å². The van der Waals surface area contributed by atoms with Crippen LogP contribution in [0.4, 0.5) is 23.2 Å². The molecule has 184 valence electrons. The van der Waals surface area contributed by atoms with Gasteiger partial charge in [-0.15, -0.1) is 0 Å². The van der Waals surface area contributed by atoms with E-state index >= 15 is 0 Å². The Morgan fingerprint density at radius 1 is 1.14 bits per heavy atom. The number of rotatable bonds is 4. The van der Waals surface area contributed by atoms with Gasteiger partial charge in [-0.1, -0.05) is 12.1 Å². The standard InChI is InChI=1S/C25H24F4N4O2/c26-18-3-1-2-16(10-18)11-22(34)32-8-6-24(7-9-32)15-33(14-21(24)23(31)35)19-5-4-17(13-30)20(12-19)25(27,28)29/h1-5,10,12,21H,6-9,11,14-15H2,(H2,31,35). The summed E-state index contributed by atoms with van der Waals surface area (Å²) in [5.74, 6) is -1.69. The number of likely N-dealkylation sites (tertiary alicyclic amines) is 1. The summed E-state index contributed by atoms with van der Waals surface area (Å²) in [7, 11) is 0. The first-order chi connectivity index (χ1) is 16.5. The number of nitriles is 1. The number of carbonyl (C=O) groups is 2. The van der Waals surface area contributed by atoms with Gasteiger partial charge in [-0.25, -0.2) is 4.39 Å². The van der Waals surface area contributed by atoms with Crippen LogP contribution in [-0.2, 0) is 22.2 Å². The third-order valence-electron chi connectivity index (χ3n) is 7.14. The highest BCUT2D eigenvalue weighted by molar-refractivity contribution is 5.81. The lowest BCUT2D eigenvalue weighted by Gasteiger charge is -2.41. The maximum Gasteiger partial charge on any atom is 0.417 e. The number of alkyl halides is 3. The molecule has 2 aliphatic rings. The van der Waals surface area contributed by atoms with Gasteiger partial charge in [0, 0.05) is 37.3 Å². The summed E-state index contributed by atoms with van der Waals surface area (Å²) in [6.45, 7) is 1.21. The third kappa shape index (κ3) is 4.94. The number of primary amides is 1. The number of nitrogens with two attached hydrogens (primary N) is 1. The fourth-order valence-electron chi connectivity index (χ4n) is 5.26. The SMILES string of the molecule is N#Cc1ccc(N2CC(C(N)=O)C3(CCN(C(=O)Cc4cccc(F)c4)CC3)C2)cc1C(F)(F)F. The molecule has 0 saturated carbocycles. The molecule has 2 fully saturated rings. The highest BCUT2D eigenvalue weighted by Gasteiger charge is 2.51. The van der Waals surface area contributed by atoms with E-state index < -0.39 is 40.4 Å². The van der Waals surface area contributed by atoms with Gasteiger partial charge in [-0.2, -0.15) is 18.4 Å². The lowest BCUT2D eigenvalue weighted by molar-refractivity contribution is -0.138. The van der Waals surface area contributed by atoms with Gasteiger partial charge in [0.05, 0.1) is 29.5 Å². The number of nitrogens with zero attached hydrogens (tertiary/aromatic N) is 3. The van der Waals surface area contributed by atoms with Crippen molar-refractivity contribution in [3.63, 3.8) is 0 Å². The fourth-order valence-corrected chi connectivity index (χ4v) is 5.26. The molecule has 10 heteroatoms. The quantitative estimate of drug-likeness (QED) is 0.668. The number of amides is 2. The first-order valence-electron chi connectivity index (χ1n) is 11.2. The second kappa shape index (κ2) is 9.21. The topological polar surface area (TPSA) is 90.4 Å². The third-order valence-corrected chi connectivity index (χ3v) is 7.14. The molecule has 2 aromatic carbocycles. The van der Waals surface area contributed by atoms with Crippen molar-refractivity contribution in [2.75, 3.05) is 31.1 Å². The van der Waals surface area contributed by atoms with E-state index in [4.69, 9.17) is 11.0 Å². The predicted molar refractivity (Wildman–Crippen MR) is 119 cm³/mol. The summed E-state index contributed by atoms with van der Waals surface area (Å²) < 4.78 is 53.8. The highest BCUT2D eigenvalue weighted by atomic mass is 19.4. The fraction of sp³-hybridized carbons (Fsp3) is 0.400. The zero-order valence-electron chi connectivity index (χ0n) is 18.8. The smallest absolute Gasteiger partial charge is 0.370 e. The van der Waals surface area contributed by atoms with E-state index in [1.165, 1.54) is 18.2 Å². The van der Waals surface area contributed by atoms with Crippen LogP contribution in [0.5, 0.6) is 0 Å². The number of hydrogen-bond donors (Lipinski definition) is 1. The second-order valence-corrected chi connectivity index (χ2v) is 9.22. The predicted octanol–water partition coefficient (Wildman–Crippen LogP) is 3.49. The molecule has 1 atom stereocenters. The molecule has 0 aliphatic carbocycles. The number of hydrogen-bond acceptors (Lipinski definition) is 4. The first-order valence-corrected chi connectivity index (χ1v) is 11.2. The Kier molecular flexibility index (Phi) is 6.45. The molecule has 1 spiro atoms. The summed E-state index contributed by atoms with van der Waals surface area (Å²) in [6.07, 6.45) is -3.70. The molecule has 2 N–H and O–H groups in total. The number of carbonyl (C=O) groups excluding carboxylic acids is 2. The van der Waals surface area contributed by atoms with Crippen LogP contribution in [-0.4, -0.2) is 42.9 Å². The average molecular weight is 488 g/mol. The van der Waals surface area contributed by atoms with E-state index in [0.717, 1.165) is 12.1 Å². The van der Waals surface area contributed by atoms with Crippen LogP contribution in [0.3, 0.4) is 0 Å².